The summed E-state index contributed by atoms with van der Waals surface area (Å²) in [6, 6.07) is 0. The van der Waals surface area contributed by atoms with E-state index < -0.39 is 0 Å². The minimum absolute atomic E-state index is 0.0693. The number of Topliss-reactive ketones (excluding diaryl/α,β-unsaturated/α-hetero) is 1. The molecular formula is C24H32O3. The van der Waals surface area contributed by atoms with Crippen molar-refractivity contribution in [1.29, 1.82) is 0 Å². The molecule has 7 aliphatic carbocycles. The van der Waals surface area contributed by atoms with Crippen LogP contribution in [-0.4, -0.2) is 18.9 Å². The summed E-state index contributed by atoms with van der Waals surface area (Å²) in [5.74, 6) is 6.44. The van der Waals surface area contributed by atoms with Crippen LogP contribution in [0.15, 0.2) is 0 Å². The lowest BCUT2D eigenvalue weighted by molar-refractivity contribution is -0.160. The van der Waals surface area contributed by atoms with Crippen LogP contribution in [0.2, 0.25) is 0 Å². The third-order valence-corrected chi connectivity index (χ3v) is 12.1. The predicted octanol–water partition coefficient (Wildman–Crippen LogP) is 3.96. The fourth-order valence-corrected chi connectivity index (χ4v) is 12.2. The fraction of sp³-hybridized carbons (Fsp3) is 0.917. The lowest BCUT2D eigenvalue weighted by Crippen LogP contribution is -2.44. The maximum Gasteiger partial charge on any atom is 0.312 e. The summed E-state index contributed by atoms with van der Waals surface area (Å²) >= 11 is 0. The van der Waals surface area contributed by atoms with E-state index in [4.69, 9.17) is 4.74 Å². The smallest absolute Gasteiger partial charge is 0.312 e. The average Bonchev–Trinajstić information content (AvgIpc) is 3.42. The summed E-state index contributed by atoms with van der Waals surface area (Å²) in [5, 5.41) is 0. The minimum Gasteiger partial charge on any atom is -0.469 e. The first-order valence-electron chi connectivity index (χ1n) is 11.5. The van der Waals surface area contributed by atoms with Gasteiger partial charge in [0.15, 0.2) is 0 Å². The average molecular weight is 369 g/mol. The Hall–Kier alpha value is -0.860. The second-order valence-corrected chi connectivity index (χ2v) is 12.0. The van der Waals surface area contributed by atoms with Gasteiger partial charge in [-0.3, -0.25) is 9.59 Å². The van der Waals surface area contributed by atoms with Gasteiger partial charge in [-0.2, -0.15) is 0 Å². The van der Waals surface area contributed by atoms with Crippen LogP contribution in [0.25, 0.3) is 0 Å². The van der Waals surface area contributed by atoms with Gasteiger partial charge in [0.25, 0.3) is 0 Å². The summed E-state index contributed by atoms with van der Waals surface area (Å²) in [5.41, 5.74) is -0.513. The number of hydrogen-bond donors (Lipinski definition) is 0. The Kier molecular flexibility index (Phi) is 2.48. The van der Waals surface area contributed by atoms with E-state index in [9.17, 15) is 9.59 Å². The SMILES string of the molecule is COC(=O)[C@@]1(C)[C@@H]2[C@@H]3CCC[C@@H]3[C@@H]3[C@@H]2[C@H]2[C@H]1[C@H]1CC[C@]4(C)C(=O)[C@]3(C)[C@H]2[C@H]14. The minimum atomic E-state index is -0.309. The standard InChI is InChI=1S/C24H32O3/c1-22-9-8-12-17-14-13-15(23(2,20(22)25)19(14)18(12)22)10-6-5-7-11(10)16(13)24(17,3)21(26)27-4/h10-19H,5-9H2,1-4H3/t10-,11+,12+,13-,14-,15+,16+,17+,18-,19+,22-,23-,24-/m0/s1. The van der Waals surface area contributed by atoms with Gasteiger partial charge in [-0.15, -0.1) is 0 Å². The third kappa shape index (κ3) is 1.22. The lowest BCUT2D eigenvalue weighted by atomic mass is 9.64. The Morgan fingerprint density at radius 2 is 1.52 bits per heavy atom. The Morgan fingerprint density at radius 1 is 0.889 bits per heavy atom. The monoisotopic (exact) mass is 368 g/mol. The van der Waals surface area contributed by atoms with Gasteiger partial charge in [0.05, 0.1) is 12.5 Å². The highest BCUT2D eigenvalue weighted by Crippen LogP contribution is 2.89. The molecule has 0 aromatic rings. The van der Waals surface area contributed by atoms with Gasteiger partial charge in [-0.05, 0) is 91.8 Å². The highest BCUT2D eigenvalue weighted by molar-refractivity contribution is 5.95. The van der Waals surface area contributed by atoms with Crippen molar-refractivity contribution in [2.45, 2.75) is 52.9 Å². The van der Waals surface area contributed by atoms with Crippen molar-refractivity contribution in [1.82, 2.24) is 0 Å². The molecule has 0 saturated heterocycles. The van der Waals surface area contributed by atoms with Crippen LogP contribution in [0.5, 0.6) is 0 Å². The Labute approximate surface area is 162 Å². The zero-order valence-electron chi connectivity index (χ0n) is 17.0. The Bertz CT molecular complexity index is 791. The quantitative estimate of drug-likeness (QED) is 0.658. The molecule has 0 aliphatic heterocycles. The molecule has 0 aromatic heterocycles. The first-order valence-corrected chi connectivity index (χ1v) is 11.5. The molecule has 7 saturated carbocycles. The first-order chi connectivity index (χ1) is 12.8. The lowest BCUT2D eigenvalue weighted by Gasteiger charge is -2.39. The van der Waals surface area contributed by atoms with Crippen molar-refractivity contribution in [3.8, 4) is 0 Å². The molecule has 13 atom stereocenters. The summed E-state index contributed by atoms with van der Waals surface area (Å²) in [6.45, 7) is 6.98. The molecule has 0 N–H and O–H groups in total. The zero-order chi connectivity index (χ0) is 18.7. The van der Waals surface area contributed by atoms with Crippen LogP contribution in [0.4, 0.5) is 0 Å². The fourth-order valence-electron chi connectivity index (χ4n) is 12.2. The van der Waals surface area contributed by atoms with Crippen molar-refractivity contribution in [2.75, 3.05) is 7.11 Å². The van der Waals surface area contributed by atoms with E-state index in [2.05, 4.69) is 20.8 Å². The second-order valence-electron chi connectivity index (χ2n) is 12.0. The van der Waals surface area contributed by atoms with Crippen molar-refractivity contribution in [3.05, 3.63) is 0 Å². The van der Waals surface area contributed by atoms with E-state index in [0.29, 0.717) is 65.0 Å². The van der Waals surface area contributed by atoms with Gasteiger partial charge in [-0.1, -0.05) is 20.3 Å². The van der Waals surface area contributed by atoms with Crippen LogP contribution < -0.4 is 0 Å². The normalized spacial score (nSPS) is 68.7. The number of fused-ring (bicyclic) bond motifs is 5. The largest absolute Gasteiger partial charge is 0.469 e. The molecule has 0 aromatic carbocycles. The zero-order valence-corrected chi connectivity index (χ0v) is 17.0. The van der Waals surface area contributed by atoms with Gasteiger partial charge < -0.3 is 4.74 Å². The number of ketones is 1. The number of hydrogen-bond acceptors (Lipinski definition) is 3. The highest BCUT2D eigenvalue weighted by atomic mass is 16.5. The van der Waals surface area contributed by atoms with Crippen LogP contribution in [0, 0.1) is 75.4 Å². The van der Waals surface area contributed by atoms with E-state index in [1.807, 2.05) is 0 Å². The van der Waals surface area contributed by atoms with Crippen molar-refractivity contribution in [2.24, 2.45) is 75.4 Å². The molecule has 27 heavy (non-hydrogen) atoms. The van der Waals surface area contributed by atoms with Crippen molar-refractivity contribution < 1.29 is 14.3 Å². The molecule has 0 radical (unpaired) electrons. The number of carbonyl (C=O) groups is 2. The molecule has 3 heteroatoms. The Balaban J connectivity index is 1.52. The predicted molar refractivity (Wildman–Crippen MR) is 99.3 cm³/mol. The highest BCUT2D eigenvalue weighted by Gasteiger charge is 2.89. The first kappa shape index (κ1) is 16.0. The number of methoxy groups -OCH3 is 1. The summed E-state index contributed by atoms with van der Waals surface area (Å²) in [7, 11) is 1.60. The van der Waals surface area contributed by atoms with Crippen LogP contribution in [-0.2, 0) is 14.3 Å². The number of rotatable bonds is 1. The molecular weight excluding hydrogens is 336 g/mol. The summed E-state index contributed by atoms with van der Waals surface area (Å²) in [6.07, 6.45) is 6.07. The molecule has 7 aliphatic rings. The van der Waals surface area contributed by atoms with Gasteiger partial charge in [0.1, 0.15) is 5.78 Å². The van der Waals surface area contributed by atoms with Crippen molar-refractivity contribution >= 4 is 11.8 Å². The van der Waals surface area contributed by atoms with Crippen LogP contribution in [0.3, 0.4) is 0 Å². The molecule has 7 fully saturated rings. The molecule has 0 amide bonds. The maximum absolute atomic E-state index is 14.0. The third-order valence-electron chi connectivity index (χ3n) is 12.1. The number of esters is 1. The van der Waals surface area contributed by atoms with Gasteiger partial charge in [0, 0.05) is 10.8 Å². The van der Waals surface area contributed by atoms with Gasteiger partial charge in [0.2, 0.25) is 0 Å². The van der Waals surface area contributed by atoms with Crippen molar-refractivity contribution in [3.63, 3.8) is 0 Å². The maximum atomic E-state index is 14.0. The molecule has 0 heterocycles. The van der Waals surface area contributed by atoms with Crippen LogP contribution >= 0.6 is 0 Å². The van der Waals surface area contributed by atoms with E-state index >= 15 is 0 Å². The topological polar surface area (TPSA) is 43.4 Å². The molecule has 7 rings (SSSR count). The van der Waals surface area contributed by atoms with E-state index in [1.54, 1.807) is 7.11 Å². The number of ether oxygens (including phenoxy) is 1. The molecule has 0 unspecified atom stereocenters. The molecule has 0 spiro atoms. The molecule has 146 valence electrons. The van der Waals surface area contributed by atoms with Gasteiger partial charge >= 0.3 is 5.97 Å². The molecule has 3 nitrogen and oxygen atoms in total. The summed E-state index contributed by atoms with van der Waals surface area (Å²) < 4.78 is 5.50. The summed E-state index contributed by atoms with van der Waals surface area (Å²) in [4.78, 5) is 27.3. The van der Waals surface area contributed by atoms with E-state index in [0.717, 1.165) is 12.8 Å². The van der Waals surface area contributed by atoms with Crippen LogP contribution in [0.1, 0.15) is 52.9 Å². The molecule has 0 bridgehead atoms. The second kappa shape index (κ2) is 4.19. The van der Waals surface area contributed by atoms with E-state index in [1.165, 1.54) is 19.3 Å². The van der Waals surface area contributed by atoms with E-state index in [-0.39, 0.29) is 22.2 Å². The Morgan fingerprint density at radius 3 is 2.22 bits per heavy atom. The number of carbonyl (C=O) groups excluding carboxylic acids is 2. The van der Waals surface area contributed by atoms with Gasteiger partial charge in [-0.25, -0.2) is 0 Å².